The first-order valence-corrected chi connectivity index (χ1v) is 6.56. The second-order valence-corrected chi connectivity index (χ2v) is 4.42. The highest BCUT2D eigenvalue weighted by atomic mass is 16.5. The lowest BCUT2D eigenvalue weighted by Gasteiger charge is -2.06. The quantitative estimate of drug-likeness (QED) is 0.705. The van der Waals surface area contributed by atoms with Crippen LogP contribution in [-0.4, -0.2) is 26.2 Å². The van der Waals surface area contributed by atoms with Crippen LogP contribution in [-0.2, 0) is 13.0 Å². The second kappa shape index (κ2) is 6.62. The van der Waals surface area contributed by atoms with Crippen molar-refractivity contribution in [2.75, 3.05) is 26.2 Å². The Hall–Kier alpha value is -1.06. The van der Waals surface area contributed by atoms with E-state index in [4.69, 9.17) is 4.74 Å². The van der Waals surface area contributed by atoms with E-state index in [2.05, 4.69) is 35.8 Å². The fraction of sp³-hybridized carbons (Fsp3) is 0.571. The Morgan fingerprint density at radius 1 is 1.24 bits per heavy atom. The fourth-order valence-electron chi connectivity index (χ4n) is 2.10. The zero-order chi connectivity index (χ0) is 11.9. The zero-order valence-corrected chi connectivity index (χ0v) is 10.6. The van der Waals surface area contributed by atoms with Crippen molar-refractivity contribution in [2.24, 2.45) is 0 Å². The molecule has 0 fully saturated rings. The predicted octanol–water partition coefficient (Wildman–Crippen LogP) is 1.71. The topological polar surface area (TPSA) is 33.3 Å². The van der Waals surface area contributed by atoms with Crippen LogP contribution in [0.15, 0.2) is 18.2 Å². The monoisotopic (exact) mass is 234 g/mol. The molecular weight excluding hydrogens is 212 g/mol. The van der Waals surface area contributed by atoms with Crippen molar-refractivity contribution in [3.05, 3.63) is 29.3 Å². The molecule has 17 heavy (non-hydrogen) atoms. The van der Waals surface area contributed by atoms with Crippen LogP contribution < -0.4 is 15.4 Å². The van der Waals surface area contributed by atoms with Gasteiger partial charge in [-0.1, -0.05) is 19.1 Å². The number of fused-ring (bicyclic) bond motifs is 1. The molecule has 0 unspecified atom stereocenters. The molecular formula is C14H22N2O. The number of ether oxygens (including phenoxy) is 1. The van der Waals surface area contributed by atoms with Crippen molar-refractivity contribution < 1.29 is 4.74 Å². The molecule has 94 valence electrons. The lowest BCUT2D eigenvalue weighted by Crippen LogP contribution is -2.21. The molecule has 1 aliphatic rings. The Bertz CT molecular complexity index is 352. The highest BCUT2D eigenvalue weighted by Crippen LogP contribution is 2.25. The Kier molecular flexibility index (Phi) is 4.83. The van der Waals surface area contributed by atoms with Crippen molar-refractivity contribution in [1.29, 1.82) is 0 Å². The van der Waals surface area contributed by atoms with Crippen LogP contribution in [0.5, 0.6) is 5.75 Å². The van der Waals surface area contributed by atoms with E-state index in [1.165, 1.54) is 17.5 Å². The maximum absolute atomic E-state index is 5.49. The van der Waals surface area contributed by atoms with Gasteiger partial charge in [-0.05, 0) is 43.2 Å². The van der Waals surface area contributed by atoms with E-state index in [0.717, 1.165) is 45.0 Å². The first-order chi connectivity index (χ1) is 8.40. The van der Waals surface area contributed by atoms with Crippen LogP contribution in [0.3, 0.4) is 0 Å². The summed E-state index contributed by atoms with van der Waals surface area (Å²) in [7, 11) is 0. The van der Waals surface area contributed by atoms with Gasteiger partial charge in [-0.2, -0.15) is 0 Å². The summed E-state index contributed by atoms with van der Waals surface area (Å²) in [6.07, 6.45) is 2.24. The van der Waals surface area contributed by atoms with Gasteiger partial charge < -0.3 is 15.4 Å². The normalized spacial score (nSPS) is 13.5. The average Bonchev–Trinajstić information content (AvgIpc) is 2.81. The molecule has 0 saturated carbocycles. The number of nitrogens with one attached hydrogen (secondary N) is 2. The maximum atomic E-state index is 5.49. The van der Waals surface area contributed by atoms with Crippen molar-refractivity contribution in [1.82, 2.24) is 10.6 Å². The van der Waals surface area contributed by atoms with Crippen LogP contribution >= 0.6 is 0 Å². The van der Waals surface area contributed by atoms with E-state index in [1.807, 2.05) is 0 Å². The van der Waals surface area contributed by atoms with E-state index >= 15 is 0 Å². The van der Waals surface area contributed by atoms with Crippen molar-refractivity contribution >= 4 is 0 Å². The molecule has 0 spiro atoms. The molecule has 0 aliphatic carbocycles. The molecule has 1 aliphatic heterocycles. The zero-order valence-electron chi connectivity index (χ0n) is 10.6. The summed E-state index contributed by atoms with van der Waals surface area (Å²) in [4.78, 5) is 0. The minimum atomic E-state index is 0.842. The lowest BCUT2D eigenvalue weighted by atomic mass is 10.1. The number of rotatable bonds is 7. The Balaban J connectivity index is 1.69. The summed E-state index contributed by atoms with van der Waals surface area (Å²) in [5, 5.41) is 6.80. The summed E-state index contributed by atoms with van der Waals surface area (Å²) in [5.74, 6) is 1.07. The molecule has 0 radical (unpaired) electrons. The lowest BCUT2D eigenvalue weighted by molar-refractivity contribution is 0.357. The van der Waals surface area contributed by atoms with Gasteiger partial charge in [-0.3, -0.25) is 0 Å². The SMILES string of the molecule is CCNCCCNCc1ccc2c(c1)CCO2. The third-order valence-corrected chi connectivity index (χ3v) is 3.04. The molecule has 0 bridgehead atoms. The van der Waals surface area contributed by atoms with Gasteiger partial charge >= 0.3 is 0 Å². The van der Waals surface area contributed by atoms with Gasteiger partial charge in [0.2, 0.25) is 0 Å². The summed E-state index contributed by atoms with van der Waals surface area (Å²) in [6.45, 7) is 7.17. The third kappa shape index (κ3) is 3.72. The summed E-state index contributed by atoms with van der Waals surface area (Å²) >= 11 is 0. The van der Waals surface area contributed by atoms with Gasteiger partial charge in [0, 0.05) is 13.0 Å². The molecule has 0 saturated heterocycles. The molecule has 1 aromatic rings. The van der Waals surface area contributed by atoms with E-state index in [0.29, 0.717) is 0 Å². The molecule has 3 heteroatoms. The first kappa shape index (κ1) is 12.4. The summed E-state index contributed by atoms with van der Waals surface area (Å²) in [5.41, 5.74) is 2.72. The highest BCUT2D eigenvalue weighted by Gasteiger charge is 2.11. The Morgan fingerprint density at radius 2 is 2.12 bits per heavy atom. The van der Waals surface area contributed by atoms with E-state index in [9.17, 15) is 0 Å². The molecule has 0 atom stereocenters. The van der Waals surface area contributed by atoms with Crippen LogP contribution in [0.25, 0.3) is 0 Å². The second-order valence-electron chi connectivity index (χ2n) is 4.42. The average molecular weight is 234 g/mol. The van der Waals surface area contributed by atoms with E-state index < -0.39 is 0 Å². The van der Waals surface area contributed by atoms with Gasteiger partial charge in [0.1, 0.15) is 5.75 Å². The summed E-state index contributed by atoms with van der Waals surface area (Å²) < 4.78 is 5.49. The Labute approximate surface area is 104 Å². The molecule has 2 N–H and O–H groups in total. The predicted molar refractivity (Wildman–Crippen MR) is 70.5 cm³/mol. The first-order valence-electron chi connectivity index (χ1n) is 6.56. The fourth-order valence-corrected chi connectivity index (χ4v) is 2.10. The van der Waals surface area contributed by atoms with Crippen molar-refractivity contribution in [3.8, 4) is 5.75 Å². The van der Waals surface area contributed by atoms with Gasteiger partial charge in [0.15, 0.2) is 0 Å². The number of hydrogen-bond acceptors (Lipinski definition) is 3. The minimum absolute atomic E-state index is 0.842. The third-order valence-electron chi connectivity index (χ3n) is 3.04. The van der Waals surface area contributed by atoms with Crippen LogP contribution in [0.2, 0.25) is 0 Å². The highest BCUT2D eigenvalue weighted by molar-refractivity contribution is 5.39. The Morgan fingerprint density at radius 3 is 3.00 bits per heavy atom. The van der Waals surface area contributed by atoms with Crippen molar-refractivity contribution in [2.45, 2.75) is 26.3 Å². The molecule has 0 amide bonds. The molecule has 1 heterocycles. The molecule has 3 nitrogen and oxygen atoms in total. The minimum Gasteiger partial charge on any atom is -0.493 e. The number of hydrogen-bond donors (Lipinski definition) is 2. The van der Waals surface area contributed by atoms with Crippen LogP contribution in [0, 0.1) is 0 Å². The molecule has 2 rings (SSSR count). The van der Waals surface area contributed by atoms with E-state index in [1.54, 1.807) is 0 Å². The van der Waals surface area contributed by atoms with Gasteiger partial charge in [-0.25, -0.2) is 0 Å². The summed E-state index contributed by atoms with van der Waals surface area (Å²) in [6, 6.07) is 6.51. The van der Waals surface area contributed by atoms with Crippen LogP contribution in [0.1, 0.15) is 24.5 Å². The standard InChI is InChI=1S/C14H22N2O/c1-2-15-7-3-8-16-11-12-4-5-14-13(10-12)6-9-17-14/h4-5,10,15-16H,2-3,6-9,11H2,1H3. The molecule has 0 aromatic heterocycles. The van der Waals surface area contributed by atoms with Crippen molar-refractivity contribution in [3.63, 3.8) is 0 Å². The van der Waals surface area contributed by atoms with Gasteiger partial charge in [0.25, 0.3) is 0 Å². The van der Waals surface area contributed by atoms with Gasteiger partial charge in [0.05, 0.1) is 6.61 Å². The molecule has 1 aromatic carbocycles. The largest absolute Gasteiger partial charge is 0.493 e. The number of benzene rings is 1. The van der Waals surface area contributed by atoms with Crippen LogP contribution in [0.4, 0.5) is 0 Å². The maximum Gasteiger partial charge on any atom is 0.122 e. The van der Waals surface area contributed by atoms with Gasteiger partial charge in [-0.15, -0.1) is 0 Å². The smallest absolute Gasteiger partial charge is 0.122 e. The van der Waals surface area contributed by atoms with E-state index in [-0.39, 0.29) is 0 Å².